The average molecular weight is 324 g/mol. The SMILES string of the molecule is COC(=O)c1c(C(F)(F)F)[nH]c(C(F)(F)F)c(Cl)c1=O. The summed E-state index contributed by atoms with van der Waals surface area (Å²) in [5.74, 6) is -1.76. The van der Waals surface area contributed by atoms with Crippen molar-refractivity contribution in [2.45, 2.75) is 12.4 Å². The number of rotatable bonds is 1. The molecule has 1 aromatic rings. The largest absolute Gasteiger partial charge is 0.465 e. The molecule has 0 aliphatic heterocycles. The molecule has 0 fully saturated rings. The summed E-state index contributed by atoms with van der Waals surface area (Å²) >= 11 is 5.07. The molecule has 112 valence electrons. The molecule has 0 atom stereocenters. The van der Waals surface area contributed by atoms with E-state index in [0.29, 0.717) is 7.11 Å². The fourth-order valence-electron chi connectivity index (χ4n) is 1.28. The van der Waals surface area contributed by atoms with Crippen LogP contribution in [0.3, 0.4) is 0 Å². The maximum Gasteiger partial charge on any atom is 0.432 e. The Morgan fingerprint density at radius 1 is 1.10 bits per heavy atom. The molecule has 1 N–H and O–H groups in total. The Balaban J connectivity index is 3.85. The van der Waals surface area contributed by atoms with Crippen molar-refractivity contribution in [3.05, 3.63) is 32.2 Å². The lowest BCUT2D eigenvalue weighted by molar-refractivity contribution is -0.150. The van der Waals surface area contributed by atoms with Gasteiger partial charge < -0.3 is 9.72 Å². The molecule has 1 heterocycles. The first-order chi connectivity index (χ1) is 8.91. The average Bonchev–Trinajstić information content (AvgIpc) is 2.28. The molecule has 0 bridgehead atoms. The third-order valence-electron chi connectivity index (χ3n) is 2.10. The number of H-pyrrole nitrogens is 1. The molecule has 20 heavy (non-hydrogen) atoms. The minimum Gasteiger partial charge on any atom is -0.465 e. The van der Waals surface area contributed by atoms with Crippen LogP contribution < -0.4 is 5.43 Å². The highest BCUT2D eigenvalue weighted by molar-refractivity contribution is 6.31. The van der Waals surface area contributed by atoms with Gasteiger partial charge in [-0.2, -0.15) is 26.3 Å². The number of aromatic amines is 1. The minimum absolute atomic E-state index is 0.660. The third kappa shape index (κ3) is 2.89. The monoisotopic (exact) mass is 323 g/mol. The van der Waals surface area contributed by atoms with Crippen LogP contribution in [0.5, 0.6) is 0 Å². The van der Waals surface area contributed by atoms with Crippen molar-refractivity contribution in [1.82, 2.24) is 4.98 Å². The van der Waals surface area contributed by atoms with Crippen LogP contribution in [-0.2, 0) is 17.1 Å². The van der Waals surface area contributed by atoms with Crippen LogP contribution in [0.2, 0.25) is 5.02 Å². The second-order valence-electron chi connectivity index (χ2n) is 3.38. The van der Waals surface area contributed by atoms with E-state index in [1.54, 1.807) is 0 Å². The van der Waals surface area contributed by atoms with Gasteiger partial charge in [0, 0.05) is 0 Å². The molecule has 4 nitrogen and oxygen atoms in total. The van der Waals surface area contributed by atoms with Gasteiger partial charge in [0.2, 0.25) is 5.43 Å². The fraction of sp³-hybridized carbons (Fsp3) is 0.333. The number of hydrogen-bond acceptors (Lipinski definition) is 3. The molecule has 0 saturated carbocycles. The van der Waals surface area contributed by atoms with E-state index in [1.165, 1.54) is 0 Å². The number of pyridine rings is 1. The Hall–Kier alpha value is -1.71. The number of hydrogen-bond donors (Lipinski definition) is 1. The lowest BCUT2D eigenvalue weighted by Crippen LogP contribution is -2.29. The van der Waals surface area contributed by atoms with Crippen LogP contribution in [0.1, 0.15) is 21.7 Å². The fourth-order valence-corrected chi connectivity index (χ4v) is 1.53. The van der Waals surface area contributed by atoms with E-state index in [0.717, 1.165) is 4.98 Å². The number of aromatic nitrogens is 1. The Bertz CT molecular complexity index is 603. The smallest absolute Gasteiger partial charge is 0.432 e. The number of esters is 1. The van der Waals surface area contributed by atoms with Gasteiger partial charge in [-0.1, -0.05) is 11.6 Å². The summed E-state index contributed by atoms with van der Waals surface area (Å²) < 4.78 is 79.3. The van der Waals surface area contributed by atoms with Crippen LogP contribution in [0.4, 0.5) is 26.3 Å². The molecule has 1 rings (SSSR count). The van der Waals surface area contributed by atoms with E-state index in [9.17, 15) is 35.9 Å². The number of alkyl halides is 6. The first-order valence-corrected chi connectivity index (χ1v) is 4.97. The number of ether oxygens (including phenoxy) is 1. The first-order valence-electron chi connectivity index (χ1n) is 4.59. The molecule has 0 radical (unpaired) electrons. The predicted octanol–water partition coefficient (Wildman–Crippen LogP) is 2.85. The Kier molecular flexibility index (Phi) is 4.09. The molecule has 0 amide bonds. The van der Waals surface area contributed by atoms with Crippen LogP contribution in [0.25, 0.3) is 0 Å². The molecule has 0 spiro atoms. The molecule has 11 heteroatoms. The van der Waals surface area contributed by atoms with Gasteiger partial charge in [0.1, 0.15) is 22.0 Å². The predicted molar refractivity (Wildman–Crippen MR) is 53.4 cm³/mol. The van der Waals surface area contributed by atoms with Gasteiger partial charge in [-0.05, 0) is 0 Å². The number of nitrogens with one attached hydrogen (secondary N) is 1. The molecular formula is C9H4ClF6NO3. The topological polar surface area (TPSA) is 59.2 Å². The lowest BCUT2D eigenvalue weighted by atomic mass is 10.1. The number of carbonyl (C=O) groups is 1. The van der Waals surface area contributed by atoms with E-state index >= 15 is 0 Å². The van der Waals surface area contributed by atoms with E-state index in [4.69, 9.17) is 11.6 Å². The zero-order valence-corrected chi connectivity index (χ0v) is 10.1. The second-order valence-corrected chi connectivity index (χ2v) is 3.76. The minimum atomic E-state index is -5.41. The van der Waals surface area contributed by atoms with Gasteiger partial charge in [-0.3, -0.25) is 4.79 Å². The van der Waals surface area contributed by atoms with Gasteiger partial charge in [0.05, 0.1) is 7.11 Å². The molecule has 0 aliphatic carbocycles. The Morgan fingerprint density at radius 2 is 1.55 bits per heavy atom. The molecule has 0 aliphatic rings. The van der Waals surface area contributed by atoms with E-state index in [2.05, 4.69) is 4.74 Å². The molecule has 1 aromatic heterocycles. The standard InChI is InChI=1S/C9H4ClF6NO3/c1-20-7(19)2-4(18)3(10)6(9(14,15)16)17-5(2)8(11,12)13/h1H3,(H,17,18). The van der Waals surface area contributed by atoms with Crippen molar-refractivity contribution in [3.8, 4) is 0 Å². The summed E-state index contributed by atoms with van der Waals surface area (Å²) in [6, 6.07) is 0. The van der Waals surface area contributed by atoms with Crippen molar-refractivity contribution in [2.75, 3.05) is 7.11 Å². The Labute approximate surface area is 111 Å². The van der Waals surface area contributed by atoms with E-state index in [-0.39, 0.29) is 0 Å². The van der Waals surface area contributed by atoms with Gasteiger partial charge in [0.15, 0.2) is 0 Å². The third-order valence-corrected chi connectivity index (χ3v) is 2.46. The van der Waals surface area contributed by atoms with Gasteiger partial charge in [-0.25, -0.2) is 4.79 Å². The normalized spacial score (nSPS) is 12.4. The highest BCUT2D eigenvalue weighted by atomic mass is 35.5. The number of methoxy groups -OCH3 is 1. The molecular weight excluding hydrogens is 320 g/mol. The Morgan fingerprint density at radius 3 is 1.90 bits per heavy atom. The van der Waals surface area contributed by atoms with Gasteiger partial charge in [-0.15, -0.1) is 0 Å². The maximum atomic E-state index is 12.6. The van der Waals surface area contributed by atoms with Crippen molar-refractivity contribution in [1.29, 1.82) is 0 Å². The van der Waals surface area contributed by atoms with Crippen molar-refractivity contribution in [2.24, 2.45) is 0 Å². The van der Waals surface area contributed by atoms with Crippen LogP contribution in [-0.4, -0.2) is 18.1 Å². The van der Waals surface area contributed by atoms with Crippen LogP contribution in [0, 0.1) is 0 Å². The summed E-state index contributed by atoms with van der Waals surface area (Å²) in [5, 5.41) is -1.58. The van der Waals surface area contributed by atoms with Crippen molar-refractivity contribution < 1.29 is 35.9 Å². The van der Waals surface area contributed by atoms with Crippen LogP contribution in [0.15, 0.2) is 4.79 Å². The summed E-state index contributed by atoms with van der Waals surface area (Å²) in [7, 11) is 0.660. The number of halogens is 7. The summed E-state index contributed by atoms with van der Waals surface area (Å²) in [5.41, 5.74) is -7.83. The highest BCUT2D eigenvalue weighted by Gasteiger charge is 2.44. The number of carbonyl (C=O) groups excluding carboxylic acids is 1. The summed E-state index contributed by atoms with van der Waals surface area (Å²) in [4.78, 5) is 23.5. The van der Waals surface area contributed by atoms with Crippen LogP contribution >= 0.6 is 11.6 Å². The van der Waals surface area contributed by atoms with E-state index in [1.807, 2.05) is 0 Å². The molecule has 0 saturated heterocycles. The molecule has 0 unspecified atom stereocenters. The maximum absolute atomic E-state index is 12.6. The summed E-state index contributed by atoms with van der Waals surface area (Å²) in [6.07, 6.45) is -10.7. The highest BCUT2D eigenvalue weighted by Crippen LogP contribution is 2.36. The zero-order chi connectivity index (χ0) is 15.9. The quantitative estimate of drug-likeness (QED) is 0.638. The lowest BCUT2D eigenvalue weighted by Gasteiger charge is -2.15. The van der Waals surface area contributed by atoms with E-state index < -0.39 is 45.7 Å². The second kappa shape index (κ2) is 5.00. The first kappa shape index (κ1) is 16.3. The van der Waals surface area contributed by atoms with Crippen molar-refractivity contribution in [3.63, 3.8) is 0 Å². The summed E-state index contributed by atoms with van der Waals surface area (Å²) in [6.45, 7) is 0. The van der Waals surface area contributed by atoms with Gasteiger partial charge in [0.25, 0.3) is 0 Å². The zero-order valence-electron chi connectivity index (χ0n) is 9.37. The molecule has 0 aromatic carbocycles. The van der Waals surface area contributed by atoms with Gasteiger partial charge >= 0.3 is 18.3 Å². The van der Waals surface area contributed by atoms with Crippen molar-refractivity contribution >= 4 is 17.6 Å².